The van der Waals surface area contributed by atoms with Crippen molar-refractivity contribution in [1.82, 2.24) is 0 Å². The van der Waals surface area contributed by atoms with Crippen molar-refractivity contribution in [2.45, 2.75) is 19.9 Å². The van der Waals surface area contributed by atoms with E-state index in [1.807, 2.05) is 30.3 Å². The van der Waals surface area contributed by atoms with Gasteiger partial charge in [-0.1, -0.05) is 30.3 Å². The van der Waals surface area contributed by atoms with Crippen molar-refractivity contribution < 1.29 is 9.90 Å². The summed E-state index contributed by atoms with van der Waals surface area (Å²) in [5, 5.41) is 8.99. The fourth-order valence-corrected chi connectivity index (χ4v) is 1.21. The number of carboxylic acid groups (broad SMARTS) is 1. The fraction of sp³-hybridized carbons (Fsp3) is 0.364. The minimum absolute atomic E-state index is 0.485. The van der Waals surface area contributed by atoms with Crippen LogP contribution in [0, 0.1) is 5.41 Å². The Morgan fingerprint density at radius 1 is 1.36 bits per heavy atom. The lowest BCUT2D eigenvalue weighted by Crippen LogP contribution is -2.36. The highest BCUT2D eigenvalue weighted by atomic mass is 16.4. The Morgan fingerprint density at radius 2 is 1.86 bits per heavy atom. The van der Waals surface area contributed by atoms with Gasteiger partial charge in [-0.15, -0.1) is 0 Å². The molecule has 14 heavy (non-hydrogen) atoms. The van der Waals surface area contributed by atoms with Crippen LogP contribution in [0.2, 0.25) is 0 Å². The Hall–Kier alpha value is -1.35. The summed E-state index contributed by atoms with van der Waals surface area (Å²) in [5.41, 5.74) is 5.80. The first kappa shape index (κ1) is 10.7. The number of carbonyl (C=O) groups is 1. The lowest BCUT2D eigenvalue weighted by Gasteiger charge is -2.27. The lowest BCUT2D eigenvalue weighted by molar-refractivity contribution is -0.148. The molecule has 0 bridgehead atoms. The van der Waals surface area contributed by atoms with Gasteiger partial charge < -0.3 is 10.8 Å². The molecule has 1 atom stereocenters. The van der Waals surface area contributed by atoms with Crippen LogP contribution in [-0.4, -0.2) is 11.1 Å². The molecule has 0 heterocycles. The molecule has 3 heteroatoms. The molecule has 0 amide bonds. The van der Waals surface area contributed by atoms with Gasteiger partial charge >= 0.3 is 5.97 Å². The maximum absolute atomic E-state index is 11.0. The van der Waals surface area contributed by atoms with Crippen LogP contribution in [0.25, 0.3) is 0 Å². The summed E-state index contributed by atoms with van der Waals surface area (Å²) >= 11 is 0. The van der Waals surface area contributed by atoms with Crippen LogP contribution in [0.1, 0.15) is 25.5 Å². The maximum Gasteiger partial charge on any atom is 0.311 e. The molecule has 1 rings (SSSR count). The van der Waals surface area contributed by atoms with Crippen molar-refractivity contribution in [1.29, 1.82) is 0 Å². The predicted octanol–water partition coefficient (Wildman–Crippen LogP) is 1.80. The SMILES string of the molecule is CC(C)(C(=O)O)[C@@H](N)c1ccccc1. The smallest absolute Gasteiger partial charge is 0.311 e. The van der Waals surface area contributed by atoms with Crippen molar-refractivity contribution in [3.8, 4) is 0 Å². The van der Waals surface area contributed by atoms with Crippen LogP contribution in [-0.2, 0) is 4.79 Å². The standard InChI is InChI=1S/C11H15NO2/c1-11(2,10(13)14)9(12)8-6-4-3-5-7-8/h3-7,9H,12H2,1-2H3,(H,13,14)/t9-/m0/s1. The van der Waals surface area contributed by atoms with Crippen molar-refractivity contribution in [2.75, 3.05) is 0 Å². The van der Waals surface area contributed by atoms with Crippen molar-refractivity contribution in [2.24, 2.45) is 11.1 Å². The first-order valence-electron chi connectivity index (χ1n) is 4.50. The zero-order valence-electron chi connectivity index (χ0n) is 8.40. The van der Waals surface area contributed by atoms with E-state index >= 15 is 0 Å². The van der Waals surface area contributed by atoms with Crippen molar-refractivity contribution >= 4 is 5.97 Å². The molecule has 1 aromatic rings. The van der Waals surface area contributed by atoms with Gasteiger partial charge in [0.15, 0.2) is 0 Å². The van der Waals surface area contributed by atoms with Gasteiger partial charge in [-0.2, -0.15) is 0 Å². The van der Waals surface area contributed by atoms with E-state index in [0.717, 1.165) is 5.56 Å². The van der Waals surface area contributed by atoms with E-state index < -0.39 is 17.4 Å². The molecule has 0 saturated carbocycles. The molecule has 0 fully saturated rings. The quantitative estimate of drug-likeness (QED) is 0.769. The first-order valence-corrected chi connectivity index (χ1v) is 4.50. The largest absolute Gasteiger partial charge is 0.481 e. The number of rotatable bonds is 3. The van der Waals surface area contributed by atoms with E-state index in [0.29, 0.717) is 0 Å². The Bertz CT molecular complexity index is 319. The van der Waals surface area contributed by atoms with Crippen LogP contribution in [0.5, 0.6) is 0 Å². The van der Waals surface area contributed by atoms with Gasteiger partial charge in [0.1, 0.15) is 0 Å². The Labute approximate surface area is 83.6 Å². The molecule has 3 nitrogen and oxygen atoms in total. The average molecular weight is 193 g/mol. The number of carboxylic acids is 1. The molecule has 0 spiro atoms. The number of hydrogen-bond acceptors (Lipinski definition) is 2. The molecule has 0 aliphatic carbocycles. The van der Waals surface area contributed by atoms with Crippen LogP contribution >= 0.6 is 0 Å². The Kier molecular flexibility index (Phi) is 2.91. The third kappa shape index (κ3) is 1.93. The number of hydrogen-bond donors (Lipinski definition) is 2. The normalized spacial score (nSPS) is 13.6. The van der Waals surface area contributed by atoms with Crippen LogP contribution in [0.15, 0.2) is 30.3 Å². The third-order valence-corrected chi connectivity index (χ3v) is 2.49. The van der Waals surface area contributed by atoms with Gasteiger partial charge in [0.2, 0.25) is 0 Å². The Balaban J connectivity index is 2.96. The summed E-state index contributed by atoms with van der Waals surface area (Å²) < 4.78 is 0. The maximum atomic E-state index is 11.0. The van der Waals surface area contributed by atoms with Crippen LogP contribution in [0.3, 0.4) is 0 Å². The van der Waals surface area contributed by atoms with E-state index in [1.54, 1.807) is 13.8 Å². The molecule has 0 aromatic heterocycles. The summed E-state index contributed by atoms with van der Waals surface area (Å²) in [6.45, 7) is 3.26. The van der Waals surface area contributed by atoms with E-state index in [2.05, 4.69) is 0 Å². The van der Waals surface area contributed by atoms with Gasteiger partial charge in [0.05, 0.1) is 5.41 Å². The van der Waals surface area contributed by atoms with Crippen molar-refractivity contribution in [3.05, 3.63) is 35.9 Å². The molecule has 1 aromatic carbocycles. The second kappa shape index (κ2) is 3.80. The second-order valence-electron chi connectivity index (χ2n) is 3.92. The van der Waals surface area contributed by atoms with Gasteiger partial charge in [0, 0.05) is 6.04 Å². The van der Waals surface area contributed by atoms with Gasteiger partial charge in [-0.05, 0) is 19.4 Å². The zero-order valence-corrected chi connectivity index (χ0v) is 8.40. The van der Waals surface area contributed by atoms with Gasteiger partial charge in [0.25, 0.3) is 0 Å². The summed E-state index contributed by atoms with van der Waals surface area (Å²) in [4.78, 5) is 11.0. The third-order valence-electron chi connectivity index (χ3n) is 2.49. The molecular formula is C11H15NO2. The highest BCUT2D eigenvalue weighted by molar-refractivity contribution is 5.75. The molecule has 0 saturated heterocycles. The predicted molar refractivity (Wildman–Crippen MR) is 54.8 cm³/mol. The van der Waals surface area contributed by atoms with Gasteiger partial charge in [-0.25, -0.2) is 0 Å². The molecule has 0 unspecified atom stereocenters. The highest BCUT2D eigenvalue weighted by Crippen LogP contribution is 2.31. The van der Waals surface area contributed by atoms with Gasteiger partial charge in [-0.3, -0.25) is 4.79 Å². The monoisotopic (exact) mass is 193 g/mol. The highest BCUT2D eigenvalue weighted by Gasteiger charge is 2.35. The number of benzene rings is 1. The first-order chi connectivity index (χ1) is 6.46. The summed E-state index contributed by atoms with van der Waals surface area (Å²) in [6.07, 6.45) is 0. The van der Waals surface area contributed by atoms with Crippen LogP contribution < -0.4 is 5.73 Å². The topological polar surface area (TPSA) is 63.3 Å². The number of nitrogens with two attached hydrogens (primary N) is 1. The minimum Gasteiger partial charge on any atom is -0.481 e. The van der Waals surface area contributed by atoms with E-state index in [4.69, 9.17) is 10.8 Å². The van der Waals surface area contributed by atoms with E-state index in [-0.39, 0.29) is 0 Å². The summed E-state index contributed by atoms with van der Waals surface area (Å²) in [6, 6.07) is 8.79. The van der Waals surface area contributed by atoms with E-state index in [9.17, 15) is 4.79 Å². The molecule has 3 N–H and O–H groups in total. The average Bonchev–Trinajstić information content (AvgIpc) is 2.17. The number of aliphatic carboxylic acids is 1. The minimum atomic E-state index is -0.943. The molecule has 0 aliphatic rings. The van der Waals surface area contributed by atoms with Crippen molar-refractivity contribution in [3.63, 3.8) is 0 Å². The lowest BCUT2D eigenvalue weighted by atomic mass is 9.81. The van der Waals surface area contributed by atoms with E-state index in [1.165, 1.54) is 0 Å². The summed E-state index contributed by atoms with van der Waals surface area (Å²) in [5.74, 6) is -0.881. The molecule has 76 valence electrons. The Morgan fingerprint density at radius 3 is 2.29 bits per heavy atom. The molecule has 0 radical (unpaired) electrons. The fourth-order valence-electron chi connectivity index (χ4n) is 1.21. The molecular weight excluding hydrogens is 178 g/mol. The summed E-state index contributed by atoms with van der Waals surface area (Å²) in [7, 11) is 0. The molecule has 0 aliphatic heterocycles. The van der Waals surface area contributed by atoms with Crippen LogP contribution in [0.4, 0.5) is 0 Å². The second-order valence-corrected chi connectivity index (χ2v) is 3.92. The zero-order chi connectivity index (χ0) is 10.8.